The second-order valence-electron chi connectivity index (χ2n) is 9.25. The number of rotatable bonds is 10. The maximum absolute atomic E-state index is 14.9. The second-order valence-corrected chi connectivity index (χ2v) is 9.25. The summed E-state index contributed by atoms with van der Waals surface area (Å²) in [7, 11) is 0. The lowest BCUT2D eigenvalue weighted by atomic mass is 9.82. The Kier molecular flexibility index (Phi) is 9.24. The molecular formula is C31H31F3O4. The Labute approximate surface area is 221 Å². The number of ether oxygens (including phenoxy) is 3. The highest BCUT2D eigenvalue weighted by atomic mass is 19.2. The van der Waals surface area contributed by atoms with Crippen molar-refractivity contribution in [2.24, 2.45) is 0 Å². The molecule has 1 fully saturated rings. The molecule has 4 rings (SSSR count). The maximum Gasteiger partial charge on any atom is 0.343 e. The van der Waals surface area contributed by atoms with E-state index in [9.17, 15) is 18.0 Å². The quantitative estimate of drug-likeness (QED) is 0.117. The van der Waals surface area contributed by atoms with E-state index in [4.69, 9.17) is 14.2 Å². The van der Waals surface area contributed by atoms with Crippen LogP contribution in [0.15, 0.2) is 67.3 Å². The molecule has 7 heteroatoms. The van der Waals surface area contributed by atoms with Crippen molar-refractivity contribution in [3.8, 4) is 22.6 Å². The first-order valence-corrected chi connectivity index (χ1v) is 12.9. The zero-order valence-electron chi connectivity index (χ0n) is 21.4. The van der Waals surface area contributed by atoms with E-state index in [2.05, 4.69) is 6.58 Å². The maximum atomic E-state index is 14.9. The fourth-order valence-electron chi connectivity index (χ4n) is 4.72. The number of halogens is 3. The van der Waals surface area contributed by atoms with Gasteiger partial charge in [0.25, 0.3) is 0 Å². The normalized spacial score (nSPS) is 17.2. The molecule has 0 aromatic heterocycles. The minimum Gasteiger partial charge on any atom is -0.490 e. The zero-order chi connectivity index (χ0) is 27.1. The first-order chi connectivity index (χ1) is 18.4. The highest BCUT2D eigenvalue weighted by Gasteiger charge is 2.27. The summed E-state index contributed by atoms with van der Waals surface area (Å²) < 4.78 is 60.3. The number of carbonyl (C=O) groups is 1. The molecule has 0 amide bonds. The van der Waals surface area contributed by atoms with Crippen LogP contribution >= 0.6 is 0 Å². The van der Waals surface area contributed by atoms with E-state index in [-0.39, 0.29) is 23.3 Å². The molecule has 0 radical (unpaired) electrons. The smallest absolute Gasteiger partial charge is 0.343 e. The van der Waals surface area contributed by atoms with Crippen LogP contribution in [-0.2, 0) is 4.74 Å². The fourth-order valence-corrected chi connectivity index (χ4v) is 4.72. The number of hydrogen-bond acceptors (Lipinski definition) is 4. The van der Waals surface area contributed by atoms with Gasteiger partial charge >= 0.3 is 5.97 Å². The first-order valence-electron chi connectivity index (χ1n) is 12.9. The van der Waals surface area contributed by atoms with Gasteiger partial charge in [0.15, 0.2) is 23.1 Å². The number of hydrogen-bond donors (Lipinski definition) is 0. The summed E-state index contributed by atoms with van der Waals surface area (Å²) in [6.45, 7) is 6.51. The Balaban J connectivity index is 1.41. The van der Waals surface area contributed by atoms with E-state index in [0.29, 0.717) is 49.2 Å². The summed E-state index contributed by atoms with van der Waals surface area (Å²) in [5.74, 6) is -3.90. The molecule has 0 atom stereocenters. The molecule has 0 saturated heterocycles. The van der Waals surface area contributed by atoms with Crippen molar-refractivity contribution in [1.82, 2.24) is 0 Å². The van der Waals surface area contributed by atoms with Crippen molar-refractivity contribution >= 4 is 5.97 Å². The topological polar surface area (TPSA) is 44.8 Å². The Morgan fingerprint density at radius 1 is 0.921 bits per heavy atom. The van der Waals surface area contributed by atoms with Crippen LogP contribution in [0.25, 0.3) is 11.1 Å². The van der Waals surface area contributed by atoms with E-state index in [0.717, 1.165) is 12.8 Å². The van der Waals surface area contributed by atoms with Crippen molar-refractivity contribution in [3.05, 3.63) is 95.8 Å². The average molecular weight is 525 g/mol. The monoisotopic (exact) mass is 524 g/mol. The molecule has 4 nitrogen and oxygen atoms in total. The SMILES string of the molecule is C=CCCOc1ccc(-c2ccc(C(=O)Oc3ccc(C4CCC(OCC)CC4)c(F)c3F)cc2)cc1F. The van der Waals surface area contributed by atoms with Crippen molar-refractivity contribution in [3.63, 3.8) is 0 Å². The molecule has 0 heterocycles. The molecule has 0 spiro atoms. The van der Waals surface area contributed by atoms with Gasteiger partial charge < -0.3 is 14.2 Å². The summed E-state index contributed by atoms with van der Waals surface area (Å²) in [5, 5.41) is 0. The van der Waals surface area contributed by atoms with Gasteiger partial charge in [-0.15, -0.1) is 6.58 Å². The number of benzene rings is 3. The molecule has 1 aliphatic rings. The van der Waals surface area contributed by atoms with Gasteiger partial charge in [-0.05, 0) is 92.0 Å². The third-order valence-corrected chi connectivity index (χ3v) is 6.76. The Morgan fingerprint density at radius 3 is 2.26 bits per heavy atom. The van der Waals surface area contributed by atoms with Crippen molar-refractivity contribution < 1.29 is 32.2 Å². The molecule has 0 N–H and O–H groups in total. The average Bonchev–Trinajstić information content (AvgIpc) is 2.93. The van der Waals surface area contributed by atoms with E-state index >= 15 is 0 Å². The summed E-state index contributed by atoms with van der Waals surface area (Å²) in [6.07, 6.45) is 5.47. The van der Waals surface area contributed by atoms with Gasteiger partial charge in [-0.1, -0.05) is 30.3 Å². The lowest BCUT2D eigenvalue weighted by Gasteiger charge is -2.28. The van der Waals surface area contributed by atoms with Crippen LogP contribution in [0.2, 0.25) is 0 Å². The van der Waals surface area contributed by atoms with Gasteiger partial charge in [0.05, 0.1) is 18.3 Å². The predicted molar refractivity (Wildman–Crippen MR) is 140 cm³/mol. The van der Waals surface area contributed by atoms with Crippen molar-refractivity contribution in [2.75, 3.05) is 13.2 Å². The Hall–Kier alpha value is -3.58. The van der Waals surface area contributed by atoms with Crippen LogP contribution in [0.4, 0.5) is 13.2 Å². The van der Waals surface area contributed by atoms with Gasteiger partial charge in [-0.3, -0.25) is 0 Å². The molecule has 200 valence electrons. The van der Waals surface area contributed by atoms with Gasteiger partial charge in [-0.25, -0.2) is 13.6 Å². The van der Waals surface area contributed by atoms with Crippen LogP contribution in [-0.4, -0.2) is 25.3 Å². The zero-order valence-corrected chi connectivity index (χ0v) is 21.4. The summed E-state index contributed by atoms with van der Waals surface area (Å²) in [5.41, 5.74) is 1.71. The Morgan fingerprint density at radius 2 is 1.61 bits per heavy atom. The minimum absolute atomic E-state index is 0.101. The van der Waals surface area contributed by atoms with Gasteiger partial charge in [0.1, 0.15) is 0 Å². The van der Waals surface area contributed by atoms with Crippen molar-refractivity contribution in [2.45, 2.75) is 51.0 Å². The first kappa shape index (κ1) is 27.5. The highest BCUT2D eigenvalue weighted by molar-refractivity contribution is 5.91. The van der Waals surface area contributed by atoms with Gasteiger partial charge in [0, 0.05) is 6.61 Å². The van der Waals surface area contributed by atoms with E-state index in [1.807, 2.05) is 6.92 Å². The van der Waals surface area contributed by atoms with Crippen LogP contribution in [0, 0.1) is 17.5 Å². The van der Waals surface area contributed by atoms with Gasteiger partial charge in [0.2, 0.25) is 5.82 Å². The van der Waals surface area contributed by atoms with E-state index in [1.165, 1.54) is 30.3 Å². The Bertz CT molecular complexity index is 1260. The molecule has 1 aliphatic carbocycles. The third-order valence-electron chi connectivity index (χ3n) is 6.76. The number of esters is 1. The molecular weight excluding hydrogens is 493 g/mol. The molecule has 1 saturated carbocycles. The lowest BCUT2D eigenvalue weighted by molar-refractivity contribution is 0.0325. The van der Waals surface area contributed by atoms with Gasteiger partial charge in [-0.2, -0.15) is 4.39 Å². The van der Waals surface area contributed by atoms with Crippen LogP contribution in [0.1, 0.15) is 60.9 Å². The second kappa shape index (κ2) is 12.8. The molecule has 0 bridgehead atoms. The summed E-state index contributed by atoms with van der Waals surface area (Å²) >= 11 is 0. The summed E-state index contributed by atoms with van der Waals surface area (Å²) in [4.78, 5) is 12.6. The largest absolute Gasteiger partial charge is 0.490 e. The molecule has 0 unspecified atom stereocenters. The third kappa shape index (κ3) is 6.45. The summed E-state index contributed by atoms with van der Waals surface area (Å²) in [6, 6.07) is 13.6. The predicted octanol–water partition coefficient (Wildman–Crippen LogP) is 8.01. The lowest BCUT2D eigenvalue weighted by Crippen LogP contribution is -2.21. The minimum atomic E-state index is -1.18. The van der Waals surface area contributed by atoms with Crippen molar-refractivity contribution in [1.29, 1.82) is 0 Å². The molecule has 3 aromatic carbocycles. The molecule has 3 aromatic rings. The highest BCUT2D eigenvalue weighted by Crippen LogP contribution is 2.37. The fraction of sp³-hybridized carbons (Fsp3) is 0.323. The van der Waals surface area contributed by atoms with Crippen LogP contribution < -0.4 is 9.47 Å². The standard InChI is InChI=1S/C31H31F3O4/c1-3-5-18-37-27-16-12-23(19-26(27)32)20-6-8-22(9-7-20)31(35)38-28-17-15-25(29(33)30(28)34)21-10-13-24(14-11-21)36-4-2/h3,6-9,12,15-17,19,21,24H,1,4-5,10-11,13-14,18H2,2H3. The molecule has 38 heavy (non-hydrogen) atoms. The van der Waals surface area contributed by atoms with E-state index < -0.39 is 29.2 Å². The number of carbonyl (C=O) groups excluding carboxylic acids is 1. The van der Waals surface area contributed by atoms with Crippen LogP contribution in [0.5, 0.6) is 11.5 Å². The van der Waals surface area contributed by atoms with E-state index in [1.54, 1.807) is 30.3 Å². The van der Waals surface area contributed by atoms with Crippen LogP contribution in [0.3, 0.4) is 0 Å². The molecule has 0 aliphatic heterocycles.